The second-order valence-electron chi connectivity index (χ2n) is 6.66. The average Bonchev–Trinajstić information content (AvgIpc) is 3.09. The fourth-order valence-electron chi connectivity index (χ4n) is 3.66. The van der Waals surface area contributed by atoms with Crippen molar-refractivity contribution in [3.63, 3.8) is 0 Å². The van der Waals surface area contributed by atoms with E-state index in [1.54, 1.807) is 22.7 Å². The van der Waals surface area contributed by atoms with Gasteiger partial charge in [0.2, 0.25) is 0 Å². The van der Waals surface area contributed by atoms with Gasteiger partial charge < -0.3 is 5.21 Å². The minimum Gasteiger partial charge on any atom is -0.411 e. The monoisotopic (exact) mass is 367 g/mol. The van der Waals surface area contributed by atoms with Gasteiger partial charge in [0, 0.05) is 33.4 Å². The highest BCUT2D eigenvalue weighted by Gasteiger charge is 2.40. The third kappa shape index (κ3) is 2.32. The van der Waals surface area contributed by atoms with Gasteiger partial charge >= 0.3 is 0 Å². The second kappa shape index (κ2) is 5.68. The van der Waals surface area contributed by atoms with Crippen LogP contribution < -0.4 is 0 Å². The van der Waals surface area contributed by atoms with Gasteiger partial charge in [0.15, 0.2) is 0 Å². The molecular formula is C19H17N3OS2. The Morgan fingerprint density at radius 1 is 1.20 bits per heavy atom. The third-order valence-corrected chi connectivity index (χ3v) is 7.20. The molecule has 2 aliphatic rings. The largest absolute Gasteiger partial charge is 0.411 e. The fourth-order valence-corrected chi connectivity index (χ4v) is 5.57. The van der Waals surface area contributed by atoms with Crippen molar-refractivity contribution in [1.29, 1.82) is 0 Å². The molecule has 0 bridgehead atoms. The Labute approximate surface area is 153 Å². The number of nitrogens with one attached hydrogen (secondary N) is 1. The maximum Gasteiger partial charge on any atom is 0.117 e. The van der Waals surface area contributed by atoms with Gasteiger partial charge in [-0.1, -0.05) is 29.4 Å². The molecule has 126 valence electrons. The molecule has 1 saturated carbocycles. The molecule has 1 fully saturated rings. The van der Waals surface area contributed by atoms with Gasteiger partial charge in [-0.05, 0) is 35.7 Å². The molecule has 0 saturated heterocycles. The molecule has 25 heavy (non-hydrogen) atoms. The number of hydrogen-bond donors (Lipinski definition) is 2. The smallest absolute Gasteiger partial charge is 0.117 e. The first kappa shape index (κ1) is 15.1. The van der Waals surface area contributed by atoms with Crippen molar-refractivity contribution in [2.45, 2.75) is 24.7 Å². The zero-order valence-electron chi connectivity index (χ0n) is 13.5. The van der Waals surface area contributed by atoms with Crippen LogP contribution in [0.3, 0.4) is 0 Å². The first-order valence-corrected chi connectivity index (χ1v) is 10.1. The van der Waals surface area contributed by atoms with E-state index in [1.807, 2.05) is 0 Å². The number of allylic oxidation sites excluding steroid dienone is 1. The molecule has 0 radical (unpaired) electrons. The van der Waals surface area contributed by atoms with Crippen LogP contribution in [0.5, 0.6) is 0 Å². The molecule has 0 amide bonds. The predicted octanol–water partition coefficient (Wildman–Crippen LogP) is 4.68. The summed E-state index contributed by atoms with van der Waals surface area (Å²) < 4.78 is 0. The predicted molar refractivity (Wildman–Crippen MR) is 102 cm³/mol. The molecule has 0 aliphatic heterocycles. The van der Waals surface area contributed by atoms with Crippen molar-refractivity contribution >= 4 is 34.5 Å². The van der Waals surface area contributed by atoms with Crippen LogP contribution in [0, 0.1) is 5.92 Å². The highest BCUT2D eigenvalue weighted by Crippen LogP contribution is 2.45. The Bertz CT molecular complexity index is 913. The lowest BCUT2D eigenvalue weighted by Crippen LogP contribution is -2.28. The molecule has 5 rings (SSSR count). The van der Waals surface area contributed by atoms with Crippen LogP contribution in [-0.4, -0.2) is 21.1 Å². The van der Waals surface area contributed by atoms with Crippen molar-refractivity contribution in [2.75, 3.05) is 0 Å². The van der Waals surface area contributed by atoms with Crippen LogP contribution in [0.2, 0.25) is 0 Å². The summed E-state index contributed by atoms with van der Waals surface area (Å²) in [7, 11) is 0. The minimum absolute atomic E-state index is 0.144. The Hall–Kier alpha value is -2.18. The average molecular weight is 367 g/mol. The lowest BCUT2D eigenvalue weighted by molar-refractivity contribution is 0.317. The fraction of sp³-hybridized carbons (Fsp3) is 0.263. The van der Waals surface area contributed by atoms with E-state index in [1.165, 1.54) is 9.75 Å². The molecular weight excluding hydrogens is 350 g/mol. The van der Waals surface area contributed by atoms with E-state index in [-0.39, 0.29) is 5.41 Å². The van der Waals surface area contributed by atoms with Gasteiger partial charge in [-0.25, -0.2) is 0 Å². The summed E-state index contributed by atoms with van der Waals surface area (Å²) in [5, 5.41) is 25.0. The van der Waals surface area contributed by atoms with Crippen molar-refractivity contribution in [3.05, 3.63) is 67.8 Å². The Balaban J connectivity index is 1.62. The molecule has 6 heteroatoms. The summed E-state index contributed by atoms with van der Waals surface area (Å²) in [6, 6.07) is 8.64. The normalized spacial score (nSPS) is 19.1. The molecule has 0 atom stereocenters. The van der Waals surface area contributed by atoms with Crippen LogP contribution in [0.4, 0.5) is 0 Å². The van der Waals surface area contributed by atoms with Gasteiger partial charge in [-0.3, -0.25) is 5.10 Å². The number of aromatic nitrogens is 2. The van der Waals surface area contributed by atoms with Gasteiger partial charge in [0.05, 0.1) is 5.41 Å². The molecule has 3 aromatic rings. The molecule has 0 spiro atoms. The van der Waals surface area contributed by atoms with Crippen LogP contribution in [-0.2, 0) is 11.8 Å². The summed E-state index contributed by atoms with van der Waals surface area (Å²) in [6.45, 7) is 0. The number of aromatic amines is 1. The van der Waals surface area contributed by atoms with E-state index in [0.29, 0.717) is 5.92 Å². The zero-order valence-corrected chi connectivity index (χ0v) is 15.1. The first-order chi connectivity index (χ1) is 12.3. The molecule has 2 N–H and O–H groups in total. The van der Waals surface area contributed by atoms with E-state index >= 15 is 0 Å². The Morgan fingerprint density at radius 2 is 1.92 bits per heavy atom. The summed E-state index contributed by atoms with van der Waals surface area (Å²) in [5.74, 6) is 0.354. The highest BCUT2D eigenvalue weighted by molar-refractivity contribution is 7.11. The van der Waals surface area contributed by atoms with E-state index in [0.717, 1.165) is 41.9 Å². The van der Waals surface area contributed by atoms with Gasteiger partial charge in [-0.15, -0.1) is 22.7 Å². The second-order valence-corrected chi connectivity index (χ2v) is 8.56. The van der Waals surface area contributed by atoms with Crippen LogP contribution in [0.15, 0.2) is 46.3 Å². The van der Waals surface area contributed by atoms with Crippen LogP contribution in [0.1, 0.15) is 39.5 Å². The first-order valence-electron chi connectivity index (χ1n) is 8.38. The van der Waals surface area contributed by atoms with Gasteiger partial charge in [0.1, 0.15) is 11.4 Å². The lowest BCUT2D eigenvalue weighted by Gasteiger charge is -2.31. The molecule has 2 aliphatic carbocycles. The van der Waals surface area contributed by atoms with E-state index in [4.69, 9.17) is 0 Å². The number of nitrogens with zero attached hydrogens (tertiary/aromatic N) is 2. The number of rotatable bonds is 4. The summed E-state index contributed by atoms with van der Waals surface area (Å²) in [5.41, 5.74) is 3.57. The lowest BCUT2D eigenvalue weighted by atomic mass is 9.75. The topological polar surface area (TPSA) is 61.3 Å². The molecule has 3 heterocycles. The molecule has 3 aromatic heterocycles. The molecule has 0 aromatic carbocycles. The molecule has 0 unspecified atom stereocenters. The number of hydrogen-bond acceptors (Lipinski definition) is 5. The maximum absolute atomic E-state index is 9.43. The summed E-state index contributed by atoms with van der Waals surface area (Å²) in [6.07, 6.45) is 7.47. The SMILES string of the molecule is O/N=C(/c1n[nH]c2c1C=CC(c1cccs1)(c1cccs1)C2)C1CC1. The van der Waals surface area contributed by atoms with E-state index in [2.05, 4.69) is 62.5 Å². The van der Waals surface area contributed by atoms with Crippen molar-refractivity contribution in [1.82, 2.24) is 10.2 Å². The number of thiophene rings is 2. The standard InChI is InChI=1S/C19H17N3OS2/c23-22-17(12-5-6-12)18-13-7-8-19(11-14(13)20-21-18,15-3-1-9-24-15)16-4-2-10-25-16/h1-4,7-10,12,23H,5-6,11H2,(H,20,21)/b22-17+. The van der Waals surface area contributed by atoms with Crippen molar-refractivity contribution < 1.29 is 5.21 Å². The number of H-pyrrole nitrogens is 1. The van der Waals surface area contributed by atoms with E-state index in [9.17, 15) is 5.21 Å². The minimum atomic E-state index is -0.144. The number of fused-ring (bicyclic) bond motifs is 1. The third-order valence-electron chi connectivity index (χ3n) is 5.11. The number of oxime groups is 1. The summed E-state index contributed by atoms with van der Waals surface area (Å²) >= 11 is 3.58. The Morgan fingerprint density at radius 3 is 2.48 bits per heavy atom. The zero-order chi connectivity index (χ0) is 16.9. The molecule has 4 nitrogen and oxygen atoms in total. The van der Waals surface area contributed by atoms with Crippen LogP contribution in [0.25, 0.3) is 6.08 Å². The van der Waals surface area contributed by atoms with E-state index < -0.39 is 0 Å². The van der Waals surface area contributed by atoms with Gasteiger partial charge in [-0.2, -0.15) is 5.10 Å². The van der Waals surface area contributed by atoms with Gasteiger partial charge in [0.25, 0.3) is 0 Å². The van der Waals surface area contributed by atoms with Crippen molar-refractivity contribution in [2.24, 2.45) is 11.1 Å². The quantitative estimate of drug-likeness (QED) is 0.400. The highest BCUT2D eigenvalue weighted by atomic mass is 32.1. The Kier molecular flexibility index (Phi) is 3.43. The van der Waals surface area contributed by atoms with Crippen molar-refractivity contribution in [3.8, 4) is 0 Å². The summed E-state index contributed by atoms with van der Waals surface area (Å²) in [4.78, 5) is 2.68. The maximum atomic E-state index is 9.43. The van der Waals surface area contributed by atoms with Crippen LogP contribution >= 0.6 is 22.7 Å².